The van der Waals surface area contributed by atoms with Crippen molar-refractivity contribution in [1.82, 2.24) is 4.31 Å². The summed E-state index contributed by atoms with van der Waals surface area (Å²) in [5.74, 6) is -4.25. The fraction of sp³-hybridized carbons (Fsp3) is 0.391. The normalized spacial score (nSPS) is 16.9. The van der Waals surface area contributed by atoms with Crippen LogP contribution in [0.4, 0.5) is 18.9 Å². The van der Waals surface area contributed by atoms with E-state index in [2.05, 4.69) is 4.74 Å². The van der Waals surface area contributed by atoms with Crippen molar-refractivity contribution in [1.29, 1.82) is 0 Å². The molecule has 0 spiro atoms. The molecule has 0 saturated carbocycles. The summed E-state index contributed by atoms with van der Waals surface area (Å²) in [5.41, 5.74) is 5.21. The third kappa shape index (κ3) is 5.81. The number of halogens is 3. The molecule has 10 nitrogen and oxygen atoms in total. The lowest BCUT2D eigenvalue weighted by Crippen LogP contribution is -2.46. The zero-order valence-electron chi connectivity index (χ0n) is 20.1. The topological polar surface area (TPSA) is 139 Å². The quantitative estimate of drug-likeness (QED) is 0.459. The summed E-state index contributed by atoms with van der Waals surface area (Å²) < 4.78 is 76.8. The predicted molar refractivity (Wildman–Crippen MR) is 126 cm³/mol. The van der Waals surface area contributed by atoms with Gasteiger partial charge in [-0.05, 0) is 42.2 Å². The number of benzene rings is 2. The molecule has 0 radical (unpaired) electrons. The molecular formula is C23H26F3N3O7S. The van der Waals surface area contributed by atoms with Gasteiger partial charge in [0, 0.05) is 5.56 Å². The Bertz CT molecular complexity index is 1290. The molecular weight excluding hydrogens is 519 g/mol. The SMILES string of the molecule is CC(C)C(N)C(=O)OC(C)N1C(=O)CN(c2c(O)ccc(-c3cccc(COC(F)F)c3)c2F)S1(=O)=O. The molecule has 1 aliphatic heterocycles. The number of amides is 1. The summed E-state index contributed by atoms with van der Waals surface area (Å²) in [7, 11) is -4.80. The first kappa shape index (κ1) is 28.2. The number of phenolic OH excluding ortho intramolecular Hbond substituents is 1. The van der Waals surface area contributed by atoms with Crippen molar-refractivity contribution in [3.63, 3.8) is 0 Å². The highest BCUT2D eigenvalue weighted by Crippen LogP contribution is 2.40. The zero-order valence-corrected chi connectivity index (χ0v) is 20.9. The zero-order chi connectivity index (χ0) is 27.7. The van der Waals surface area contributed by atoms with Crippen molar-refractivity contribution in [2.45, 2.75) is 46.3 Å². The number of anilines is 1. The van der Waals surface area contributed by atoms with Crippen LogP contribution in [0.1, 0.15) is 26.3 Å². The van der Waals surface area contributed by atoms with Crippen LogP contribution in [-0.4, -0.2) is 55.1 Å². The molecule has 0 aromatic heterocycles. The lowest BCUT2D eigenvalue weighted by Gasteiger charge is -2.26. The smallest absolute Gasteiger partial charge is 0.345 e. The van der Waals surface area contributed by atoms with Crippen LogP contribution in [0.25, 0.3) is 11.1 Å². The second-order valence-corrected chi connectivity index (χ2v) is 10.3. The van der Waals surface area contributed by atoms with Gasteiger partial charge >= 0.3 is 22.8 Å². The van der Waals surface area contributed by atoms with E-state index in [1.165, 1.54) is 30.3 Å². The van der Waals surface area contributed by atoms with Crippen molar-refractivity contribution in [2.75, 3.05) is 10.8 Å². The van der Waals surface area contributed by atoms with Gasteiger partial charge < -0.3 is 20.3 Å². The van der Waals surface area contributed by atoms with Crippen LogP contribution in [0, 0.1) is 11.7 Å². The maximum atomic E-state index is 15.7. The minimum atomic E-state index is -4.80. The van der Waals surface area contributed by atoms with Crippen LogP contribution in [0.2, 0.25) is 0 Å². The Morgan fingerprint density at radius 3 is 2.49 bits per heavy atom. The molecule has 1 saturated heterocycles. The number of rotatable bonds is 9. The van der Waals surface area contributed by atoms with Crippen molar-refractivity contribution in [2.24, 2.45) is 11.7 Å². The number of hydrogen-bond acceptors (Lipinski definition) is 8. The van der Waals surface area contributed by atoms with Crippen LogP contribution >= 0.6 is 0 Å². The van der Waals surface area contributed by atoms with Crippen molar-refractivity contribution in [3.8, 4) is 16.9 Å². The molecule has 1 aliphatic rings. The molecule has 0 aliphatic carbocycles. The van der Waals surface area contributed by atoms with Crippen LogP contribution in [0.15, 0.2) is 36.4 Å². The number of phenols is 1. The number of alkyl halides is 2. The summed E-state index contributed by atoms with van der Waals surface area (Å²) in [4.78, 5) is 24.9. The first-order chi connectivity index (χ1) is 17.2. The lowest BCUT2D eigenvalue weighted by molar-refractivity contribution is -0.158. The van der Waals surface area contributed by atoms with E-state index in [0.29, 0.717) is 4.31 Å². The van der Waals surface area contributed by atoms with E-state index >= 15 is 4.39 Å². The van der Waals surface area contributed by atoms with E-state index in [1.54, 1.807) is 13.8 Å². The molecule has 14 heteroatoms. The molecule has 2 aromatic rings. The second-order valence-electron chi connectivity index (χ2n) is 8.58. The maximum Gasteiger partial charge on any atom is 0.345 e. The number of hydrogen-bond donors (Lipinski definition) is 2. The minimum Gasteiger partial charge on any atom is -0.506 e. The molecule has 37 heavy (non-hydrogen) atoms. The summed E-state index contributed by atoms with van der Waals surface area (Å²) in [6.07, 6.45) is -1.60. The molecule has 0 bridgehead atoms. The number of nitrogens with zero attached hydrogens (tertiary/aromatic N) is 2. The van der Waals surface area contributed by atoms with Gasteiger partial charge in [-0.3, -0.25) is 9.59 Å². The third-order valence-corrected chi connectivity index (χ3v) is 7.48. The summed E-state index contributed by atoms with van der Waals surface area (Å²) in [5, 5.41) is 10.4. The average molecular weight is 546 g/mol. The minimum absolute atomic E-state index is 0.171. The van der Waals surface area contributed by atoms with Gasteiger partial charge in [0.25, 0.3) is 5.91 Å². The summed E-state index contributed by atoms with van der Waals surface area (Å²) in [6.45, 7) is 0.0928. The number of esters is 1. The fourth-order valence-corrected chi connectivity index (χ4v) is 5.29. The largest absolute Gasteiger partial charge is 0.506 e. The van der Waals surface area contributed by atoms with E-state index in [4.69, 9.17) is 10.5 Å². The van der Waals surface area contributed by atoms with E-state index < -0.39 is 71.4 Å². The number of aromatic hydroxyl groups is 1. The maximum absolute atomic E-state index is 15.7. The van der Waals surface area contributed by atoms with Crippen molar-refractivity contribution < 1.29 is 45.8 Å². The molecule has 1 heterocycles. The van der Waals surface area contributed by atoms with Gasteiger partial charge in [-0.2, -0.15) is 21.5 Å². The number of carbonyl (C=O) groups excluding carboxylic acids is 2. The van der Waals surface area contributed by atoms with Crippen molar-refractivity contribution >= 4 is 27.8 Å². The van der Waals surface area contributed by atoms with Crippen LogP contribution < -0.4 is 10.0 Å². The van der Waals surface area contributed by atoms with Crippen LogP contribution in [-0.2, 0) is 35.9 Å². The van der Waals surface area contributed by atoms with E-state index in [1.807, 2.05) is 0 Å². The van der Waals surface area contributed by atoms with E-state index in [9.17, 15) is 31.9 Å². The summed E-state index contributed by atoms with van der Waals surface area (Å²) in [6, 6.07) is 6.86. The van der Waals surface area contributed by atoms with Gasteiger partial charge in [0.2, 0.25) is 0 Å². The Kier molecular flexibility index (Phi) is 8.35. The molecule has 1 amide bonds. The molecule has 202 valence electrons. The monoisotopic (exact) mass is 545 g/mol. The molecule has 1 fully saturated rings. The molecule has 3 rings (SSSR count). The highest BCUT2D eigenvalue weighted by molar-refractivity contribution is 7.91. The average Bonchev–Trinajstić information content (AvgIpc) is 3.05. The Balaban J connectivity index is 1.96. The Hall–Kier alpha value is -3.36. The first-order valence-corrected chi connectivity index (χ1v) is 12.5. The Morgan fingerprint density at radius 1 is 1.19 bits per heavy atom. The van der Waals surface area contributed by atoms with E-state index in [-0.39, 0.29) is 26.9 Å². The predicted octanol–water partition coefficient (Wildman–Crippen LogP) is 2.70. The van der Waals surface area contributed by atoms with Gasteiger partial charge in [-0.25, -0.2) is 8.70 Å². The number of nitrogens with two attached hydrogens (primary N) is 1. The van der Waals surface area contributed by atoms with Crippen LogP contribution in [0.3, 0.4) is 0 Å². The molecule has 2 atom stereocenters. The Labute approximate surface area is 211 Å². The lowest BCUT2D eigenvalue weighted by atomic mass is 10.0. The first-order valence-electron chi connectivity index (χ1n) is 11.1. The highest BCUT2D eigenvalue weighted by atomic mass is 32.2. The van der Waals surface area contributed by atoms with Crippen LogP contribution in [0.5, 0.6) is 5.75 Å². The van der Waals surface area contributed by atoms with Gasteiger partial charge in [0.1, 0.15) is 24.0 Å². The van der Waals surface area contributed by atoms with Gasteiger partial charge in [0.15, 0.2) is 12.0 Å². The van der Waals surface area contributed by atoms with Gasteiger partial charge in [0.05, 0.1) is 6.61 Å². The standard InChI is InChI=1S/C23H26F3N3O7S/c1-12(2)20(27)22(32)36-13(3)29-18(31)10-28(37(29,33)34)21-17(30)8-7-16(19(21)24)15-6-4-5-14(9-15)11-35-23(25)26/h4-9,12-13,20,23,30H,10-11,27H2,1-3H3. The van der Waals surface area contributed by atoms with E-state index in [0.717, 1.165) is 13.0 Å². The summed E-state index contributed by atoms with van der Waals surface area (Å²) >= 11 is 0. The van der Waals surface area contributed by atoms with Gasteiger partial charge in [-0.1, -0.05) is 32.0 Å². The molecule has 3 N–H and O–H groups in total. The molecule has 2 aromatic carbocycles. The second kappa shape index (κ2) is 10.9. The molecule has 2 unspecified atom stereocenters. The third-order valence-electron chi connectivity index (χ3n) is 5.62. The highest BCUT2D eigenvalue weighted by Gasteiger charge is 2.48. The van der Waals surface area contributed by atoms with Gasteiger partial charge in [-0.15, -0.1) is 0 Å². The fourth-order valence-electron chi connectivity index (χ4n) is 3.66. The number of carbonyl (C=O) groups is 2. The van der Waals surface area contributed by atoms with Crippen molar-refractivity contribution in [3.05, 3.63) is 47.8 Å². The number of ether oxygens (including phenoxy) is 2. The Morgan fingerprint density at radius 2 is 1.86 bits per heavy atom.